The number of hydrogen-bond donors (Lipinski definition) is 3. The number of rotatable bonds is 13. The van der Waals surface area contributed by atoms with Gasteiger partial charge in [-0.3, -0.25) is 9.59 Å². The number of nitrogens with one attached hydrogen (secondary N) is 1. The second-order valence-electron chi connectivity index (χ2n) is 10.8. The normalized spacial score (nSPS) is 17.9. The number of aliphatic carboxylic acids is 1. The number of β-lactam (4-membered cyclic amide) rings is 1. The number of amides is 2. The molecule has 1 unspecified atom stereocenters. The van der Waals surface area contributed by atoms with Crippen LogP contribution in [0.3, 0.4) is 0 Å². The van der Waals surface area contributed by atoms with Crippen LogP contribution in [0.25, 0.3) is 0 Å². The van der Waals surface area contributed by atoms with Crippen LogP contribution in [-0.4, -0.2) is 40.6 Å². The number of carbonyl (C=O) groups excluding carboxylic acids is 2. The van der Waals surface area contributed by atoms with Gasteiger partial charge in [0.1, 0.15) is 23.4 Å². The van der Waals surface area contributed by atoms with Gasteiger partial charge >= 0.3 is 5.97 Å². The summed E-state index contributed by atoms with van der Waals surface area (Å²) in [6, 6.07) is 16.6. The number of ether oxygens (including phenoxy) is 1. The zero-order chi connectivity index (χ0) is 30.4. The van der Waals surface area contributed by atoms with E-state index in [1.807, 2.05) is 13.8 Å². The molecule has 10 heteroatoms. The Labute approximate surface area is 242 Å². The molecule has 1 aliphatic rings. The van der Waals surface area contributed by atoms with Gasteiger partial charge in [0.15, 0.2) is 6.61 Å². The quantitative estimate of drug-likeness (QED) is 0.240. The molecule has 0 bridgehead atoms. The lowest BCUT2D eigenvalue weighted by molar-refractivity contribution is -0.142. The Balaban J connectivity index is 1.44. The van der Waals surface area contributed by atoms with Crippen molar-refractivity contribution in [3.05, 3.63) is 95.6 Å². The van der Waals surface area contributed by atoms with Crippen molar-refractivity contribution in [1.29, 1.82) is 0 Å². The predicted molar refractivity (Wildman–Crippen MR) is 152 cm³/mol. The first-order valence-corrected chi connectivity index (χ1v) is 13.8. The van der Waals surface area contributed by atoms with Crippen molar-refractivity contribution in [2.45, 2.75) is 51.3 Å². The van der Waals surface area contributed by atoms with Gasteiger partial charge in [-0.05, 0) is 84.8 Å². The van der Waals surface area contributed by atoms with Gasteiger partial charge in [-0.25, -0.2) is 13.6 Å². The summed E-state index contributed by atoms with van der Waals surface area (Å²) in [5.74, 6) is -2.65. The van der Waals surface area contributed by atoms with E-state index in [2.05, 4.69) is 5.32 Å². The smallest absolute Gasteiger partial charge is 0.326 e. The topological polar surface area (TPSA) is 116 Å². The van der Waals surface area contributed by atoms with Crippen LogP contribution in [0.1, 0.15) is 56.4 Å². The van der Waals surface area contributed by atoms with Crippen molar-refractivity contribution >= 4 is 23.5 Å². The van der Waals surface area contributed by atoms with E-state index in [9.17, 15) is 33.4 Å². The molecule has 8 nitrogen and oxygen atoms in total. The molecular formula is C32H34F2N2O6. The summed E-state index contributed by atoms with van der Waals surface area (Å²) in [7, 11) is 0. The van der Waals surface area contributed by atoms with E-state index in [-0.39, 0.29) is 24.9 Å². The summed E-state index contributed by atoms with van der Waals surface area (Å²) >= 11 is 0. The fourth-order valence-electron chi connectivity index (χ4n) is 5.13. The van der Waals surface area contributed by atoms with E-state index in [1.165, 1.54) is 48.5 Å². The molecule has 222 valence electrons. The standard InChI is InChI=1S/C32H34F2N2O6/c1-19(2)17-27(32(40)41)35-29(38)18-42-25-13-5-21(6-14-25)30-26(15-16-28(37)20-3-7-22(33)8-4-20)31(39)36(30)24-11-9-23(34)10-12-24/h3-14,19,26-28,30,37H,15-18H2,1-2H3,(H,35,38)(H,40,41)/t26-,27-,28?,30-/m1/s1. The Bertz CT molecular complexity index is 1380. The fraction of sp³-hybridized carbons (Fsp3) is 0.344. The number of benzene rings is 3. The Kier molecular flexibility index (Phi) is 9.90. The molecule has 0 saturated carbocycles. The number of carboxylic acids is 1. The van der Waals surface area contributed by atoms with Gasteiger partial charge in [0.05, 0.1) is 18.1 Å². The van der Waals surface area contributed by atoms with Crippen molar-refractivity contribution in [3.8, 4) is 5.75 Å². The third kappa shape index (κ3) is 7.50. The summed E-state index contributed by atoms with van der Waals surface area (Å²) in [6.07, 6.45) is 0.0595. The van der Waals surface area contributed by atoms with E-state index < -0.39 is 47.6 Å². The van der Waals surface area contributed by atoms with E-state index in [0.29, 0.717) is 29.8 Å². The molecule has 0 spiro atoms. The molecule has 0 aromatic heterocycles. The van der Waals surface area contributed by atoms with Crippen LogP contribution in [0.5, 0.6) is 5.75 Å². The first-order valence-electron chi connectivity index (χ1n) is 13.8. The highest BCUT2D eigenvalue weighted by Gasteiger charge is 2.48. The zero-order valence-corrected chi connectivity index (χ0v) is 23.4. The highest BCUT2D eigenvalue weighted by atomic mass is 19.1. The Morgan fingerprint density at radius 1 is 0.952 bits per heavy atom. The van der Waals surface area contributed by atoms with Crippen LogP contribution in [0.15, 0.2) is 72.8 Å². The molecule has 0 radical (unpaired) electrons. The second kappa shape index (κ2) is 13.6. The van der Waals surface area contributed by atoms with Crippen LogP contribution in [0.4, 0.5) is 14.5 Å². The van der Waals surface area contributed by atoms with Gasteiger partial charge in [-0.15, -0.1) is 0 Å². The number of hydrogen-bond acceptors (Lipinski definition) is 5. The largest absolute Gasteiger partial charge is 0.484 e. The van der Waals surface area contributed by atoms with E-state index in [1.54, 1.807) is 29.2 Å². The molecule has 2 amide bonds. The van der Waals surface area contributed by atoms with Gasteiger partial charge in [0.25, 0.3) is 5.91 Å². The third-order valence-corrected chi connectivity index (χ3v) is 7.26. The van der Waals surface area contributed by atoms with E-state index in [0.717, 1.165) is 5.56 Å². The van der Waals surface area contributed by atoms with Crippen molar-refractivity contribution in [2.75, 3.05) is 11.5 Å². The second-order valence-corrected chi connectivity index (χ2v) is 10.8. The number of carboxylic acid groups (broad SMARTS) is 1. The summed E-state index contributed by atoms with van der Waals surface area (Å²) < 4.78 is 32.4. The zero-order valence-electron chi connectivity index (χ0n) is 23.4. The van der Waals surface area contributed by atoms with Gasteiger partial charge in [0.2, 0.25) is 5.91 Å². The van der Waals surface area contributed by atoms with Crippen LogP contribution < -0.4 is 15.0 Å². The number of aliphatic hydroxyl groups is 1. The van der Waals surface area contributed by atoms with Gasteiger partial charge in [0, 0.05) is 5.69 Å². The molecule has 0 aliphatic carbocycles. The van der Waals surface area contributed by atoms with Crippen LogP contribution in [0.2, 0.25) is 0 Å². The average Bonchev–Trinajstić information content (AvgIpc) is 2.95. The van der Waals surface area contributed by atoms with Gasteiger partial charge < -0.3 is 25.2 Å². The summed E-state index contributed by atoms with van der Waals surface area (Å²) in [5, 5.41) is 22.4. The summed E-state index contributed by atoms with van der Waals surface area (Å²) in [4.78, 5) is 38.5. The fourth-order valence-corrected chi connectivity index (χ4v) is 5.13. The molecule has 42 heavy (non-hydrogen) atoms. The van der Waals surface area contributed by atoms with Gasteiger partial charge in [-0.1, -0.05) is 38.1 Å². The van der Waals surface area contributed by atoms with E-state index in [4.69, 9.17) is 4.74 Å². The Hall–Kier alpha value is -4.31. The molecule has 1 fully saturated rings. The third-order valence-electron chi connectivity index (χ3n) is 7.26. The molecular weight excluding hydrogens is 546 g/mol. The van der Waals surface area contributed by atoms with E-state index >= 15 is 0 Å². The lowest BCUT2D eigenvalue weighted by Crippen LogP contribution is -2.55. The monoisotopic (exact) mass is 580 g/mol. The lowest BCUT2D eigenvalue weighted by Gasteiger charge is -2.48. The van der Waals surface area contributed by atoms with Crippen molar-refractivity contribution in [2.24, 2.45) is 11.8 Å². The lowest BCUT2D eigenvalue weighted by atomic mass is 9.78. The molecule has 4 atom stereocenters. The number of carbonyl (C=O) groups is 3. The molecule has 1 aliphatic heterocycles. The minimum absolute atomic E-state index is 0.0859. The maximum atomic E-state index is 13.6. The van der Waals surface area contributed by atoms with Crippen LogP contribution in [-0.2, 0) is 14.4 Å². The molecule has 3 N–H and O–H groups in total. The minimum Gasteiger partial charge on any atom is -0.484 e. The number of nitrogens with zero attached hydrogens (tertiary/aromatic N) is 1. The molecule has 1 saturated heterocycles. The maximum Gasteiger partial charge on any atom is 0.326 e. The predicted octanol–water partition coefficient (Wildman–Crippen LogP) is 5.18. The van der Waals surface area contributed by atoms with Crippen molar-refractivity contribution in [3.63, 3.8) is 0 Å². The molecule has 4 rings (SSSR count). The summed E-state index contributed by atoms with van der Waals surface area (Å²) in [5.41, 5.74) is 1.87. The number of halogens is 2. The summed E-state index contributed by atoms with van der Waals surface area (Å²) in [6.45, 7) is 3.37. The molecule has 1 heterocycles. The van der Waals surface area contributed by atoms with Crippen LogP contribution in [0, 0.1) is 23.5 Å². The highest BCUT2D eigenvalue weighted by molar-refractivity contribution is 6.03. The molecule has 3 aromatic rings. The average molecular weight is 581 g/mol. The first-order chi connectivity index (χ1) is 20.0. The highest BCUT2D eigenvalue weighted by Crippen LogP contribution is 2.46. The Morgan fingerprint density at radius 3 is 2.12 bits per heavy atom. The minimum atomic E-state index is -1.11. The number of aliphatic hydroxyl groups excluding tert-OH is 1. The van der Waals surface area contributed by atoms with Crippen LogP contribution >= 0.6 is 0 Å². The first kappa shape index (κ1) is 30.6. The van der Waals surface area contributed by atoms with Crippen molar-refractivity contribution < 1.29 is 38.1 Å². The SMILES string of the molecule is CC(C)C[C@@H](NC(=O)COc1ccc([C@@H]2[C@@H](CCC(O)c3ccc(F)cc3)C(=O)N2c2ccc(F)cc2)cc1)C(=O)O. The maximum absolute atomic E-state index is 13.6. The number of anilines is 1. The van der Waals surface area contributed by atoms with Gasteiger partial charge in [-0.2, -0.15) is 0 Å². The molecule has 3 aromatic carbocycles. The van der Waals surface area contributed by atoms with Crippen molar-refractivity contribution in [1.82, 2.24) is 5.32 Å². The Morgan fingerprint density at radius 2 is 1.55 bits per heavy atom.